The van der Waals surface area contributed by atoms with Crippen molar-refractivity contribution in [1.29, 1.82) is 0 Å². The fourth-order valence-corrected chi connectivity index (χ4v) is 1.76. The molecule has 1 aromatic carbocycles. The molecule has 2 amide bonds. The molecule has 4 heteroatoms. The maximum atomic E-state index is 11.5. The van der Waals surface area contributed by atoms with Crippen LogP contribution in [0.25, 0.3) is 0 Å². The molecule has 0 radical (unpaired) electrons. The second kappa shape index (κ2) is 7.79. The minimum atomic E-state index is -0.167. The van der Waals surface area contributed by atoms with Crippen LogP contribution in [0.3, 0.4) is 0 Å². The molecule has 4 nitrogen and oxygen atoms in total. The first-order valence-electron chi connectivity index (χ1n) is 6.93. The number of hydrogen-bond acceptors (Lipinski definition) is 2. The molecular formula is C15H25N3O. The molecule has 0 heterocycles. The number of carbonyl (C=O) groups is 1. The number of carbonyl (C=O) groups excluding carboxylic acids is 1. The van der Waals surface area contributed by atoms with E-state index in [0.29, 0.717) is 6.04 Å². The van der Waals surface area contributed by atoms with Crippen molar-refractivity contribution in [3.63, 3.8) is 0 Å². The minimum Gasteiger partial charge on any atom is -0.336 e. The van der Waals surface area contributed by atoms with E-state index < -0.39 is 0 Å². The highest BCUT2D eigenvalue weighted by Crippen LogP contribution is 2.15. The second-order valence-electron chi connectivity index (χ2n) is 5.05. The van der Waals surface area contributed by atoms with Crippen molar-refractivity contribution >= 4 is 11.7 Å². The SMILES string of the molecule is CCCNC(C)c1ccc(NC(=O)NC(C)C)cc1. The standard InChI is InChI=1S/C15H25N3O/c1-5-10-16-12(4)13-6-8-14(9-7-13)18-15(19)17-11(2)3/h6-9,11-12,16H,5,10H2,1-4H3,(H2,17,18,19). The number of hydrogen-bond donors (Lipinski definition) is 3. The Balaban J connectivity index is 2.53. The second-order valence-corrected chi connectivity index (χ2v) is 5.05. The van der Waals surface area contributed by atoms with E-state index in [0.717, 1.165) is 18.7 Å². The summed E-state index contributed by atoms with van der Waals surface area (Å²) in [5, 5.41) is 9.04. The molecule has 0 aliphatic heterocycles. The zero-order valence-electron chi connectivity index (χ0n) is 12.3. The molecule has 0 bridgehead atoms. The van der Waals surface area contributed by atoms with Crippen LogP contribution in [0.2, 0.25) is 0 Å². The fraction of sp³-hybridized carbons (Fsp3) is 0.533. The van der Waals surface area contributed by atoms with Crippen LogP contribution in [0.15, 0.2) is 24.3 Å². The molecule has 19 heavy (non-hydrogen) atoms. The Bertz CT molecular complexity index is 387. The van der Waals surface area contributed by atoms with Gasteiger partial charge in [-0.25, -0.2) is 4.79 Å². The smallest absolute Gasteiger partial charge is 0.319 e. The summed E-state index contributed by atoms with van der Waals surface area (Å²) in [7, 11) is 0. The van der Waals surface area contributed by atoms with Gasteiger partial charge >= 0.3 is 6.03 Å². The molecule has 0 fully saturated rings. The lowest BCUT2D eigenvalue weighted by atomic mass is 10.1. The number of anilines is 1. The molecule has 1 rings (SSSR count). The van der Waals surface area contributed by atoms with Gasteiger partial charge in [0.25, 0.3) is 0 Å². The van der Waals surface area contributed by atoms with Crippen LogP contribution in [0.4, 0.5) is 10.5 Å². The van der Waals surface area contributed by atoms with Gasteiger partial charge < -0.3 is 16.0 Å². The summed E-state index contributed by atoms with van der Waals surface area (Å²) in [5.41, 5.74) is 2.04. The van der Waals surface area contributed by atoms with Crippen molar-refractivity contribution < 1.29 is 4.79 Å². The quantitative estimate of drug-likeness (QED) is 0.737. The minimum absolute atomic E-state index is 0.137. The van der Waals surface area contributed by atoms with Crippen LogP contribution in [-0.2, 0) is 0 Å². The average Bonchev–Trinajstić information content (AvgIpc) is 2.35. The zero-order chi connectivity index (χ0) is 14.3. The van der Waals surface area contributed by atoms with Gasteiger partial charge in [0.15, 0.2) is 0 Å². The lowest BCUT2D eigenvalue weighted by Gasteiger charge is -2.15. The maximum Gasteiger partial charge on any atom is 0.319 e. The predicted molar refractivity (Wildman–Crippen MR) is 80.4 cm³/mol. The lowest BCUT2D eigenvalue weighted by Crippen LogP contribution is -2.34. The third-order valence-corrected chi connectivity index (χ3v) is 2.79. The average molecular weight is 263 g/mol. The highest BCUT2D eigenvalue weighted by Gasteiger charge is 2.06. The van der Waals surface area contributed by atoms with Crippen LogP contribution in [0, 0.1) is 0 Å². The number of urea groups is 1. The van der Waals surface area contributed by atoms with E-state index >= 15 is 0 Å². The third kappa shape index (κ3) is 5.75. The third-order valence-electron chi connectivity index (χ3n) is 2.79. The Hall–Kier alpha value is -1.55. The van der Waals surface area contributed by atoms with Crippen molar-refractivity contribution in [2.75, 3.05) is 11.9 Å². The van der Waals surface area contributed by atoms with Gasteiger partial charge in [0.2, 0.25) is 0 Å². The van der Waals surface area contributed by atoms with E-state index in [9.17, 15) is 4.79 Å². The van der Waals surface area contributed by atoms with E-state index in [2.05, 4.69) is 29.8 Å². The molecule has 0 aliphatic rings. The van der Waals surface area contributed by atoms with Crippen LogP contribution in [-0.4, -0.2) is 18.6 Å². The molecule has 1 aromatic rings. The predicted octanol–water partition coefficient (Wildman–Crippen LogP) is 3.28. The van der Waals surface area contributed by atoms with Crippen LogP contribution in [0.1, 0.15) is 45.7 Å². The maximum absolute atomic E-state index is 11.5. The number of rotatable bonds is 6. The Morgan fingerprint density at radius 3 is 2.32 bits per heavy atom. The highest BCUT2D eigenvalue weighted by molar-refractivity contribution is 5.89. The Kier molecular flexibility index (Phi) is 6.36. The molecule has 0 saturated heterocycles. The van der Waals surface area contributed by atoms with E-state index in [4.69, 9.17) is 0 Å². The normalized spacial score (nSPS) is 12.3. The van der Waals surface area contributed by atoms with E-state index in [1.54, 1.807) is 0 Å². The summed E-state index contributed by atoms with van der Waals surface area (Å²) < 4.78 is 0. The van der Waals surface area contributed by atoms with Gasteiger partial charge in [-0.15, -0.1) is 0 Å². The Morgan fingerprint density at radius 1 is 1.16 bits per heavy atom. The van der Waals surface area contributed by atoms with E-state index in [1.165, 1.54) is 5.56 Å². The number of benzene rings is 1. The topological polar surface area (TPSA) is 53.2 Å². The van der Waals surface area contributed by atoms with Crippen molar-refractivity contribution in [3.8, 4) is 0 Å². The van der Waals surface area contributed by atoms with Crippen LogP contribution in [0.5, 0.6) is 0 Å². The van der Waals surface area contributed by atoms with E-state index in [1.807, 2.05) is 38.1 Å². The fourth-order valence-electron chi connectivity index (χ4n) is 1.76. The van der Waals surface area contributed by atoms with Gasteiger partial charge in [0.1, 0.15) is 0 Å². The molecule has 0 aromatic heterocycles. The highest BCUT2D eigenvalue weighted by atomic mass is 16.2. The molecule has 0 spiro atoms. The van der Waals surface area contributed by atoms with Crippen LogP contribution >= 0.6 is 0 Å². The van der Waals surface area contributed by atoms with Gasteiger partial charge in [-0.1, -0.05) is 19.1 Å². The van der Waals surface area contributed by atoms with Crippen molar-refractivity contribution in [3.05, 3.63) is 29.8 Å². The first kappa shape index (κ1) is 15.5. The summed E-state index contributed by atoms with van der Waals surface area (Å²) >= 11 is 0. The lowest BCUT2D eigenvalue weighted by molar-refractivity contribution is 0.250. The van der Waals surface area contributed by atoms with E-state index in [-0.39, 0.29) is 12.1 Å². The van der Waals surface area contributed by atoms with Gasteiger partial charge in [0.05, 0.1) is 0 Å². The molecule has 106 valence electrons. The van der Waals surface area contributed by atoms with Gasteiger partial charge in [0, 0.05) is 17.8 Å². The van der Waals surface area contributed by atoms with Gasteiger partial charge in [-0.05, 0) is 51.4 Å². The first-order chi connectivity index (χ1) is 9.02. The summed E-state index contributed by atoms with van der Waals surface area (Å²) in [6, 6.07) is 8.24. The van der Waals surface area contributed by atoms with Crippen molar-refractivity contribution in [1.82, 2.24) is 10.6 Å². The first-order valence-corrected chi connectivity index (χ1v) is 6.93. The largest absolute Gasteiger partial charge is 0.336 e. The summed E-state index contributed by atoms with van der Waals surface area (Å²) in [6.45, 7) is 9.18. The van der Waals surface area contributed by atoms with Crippen LogP contribution < -0.4 is 16.0 Å². The van der Waals surface area contributed by atoms with Crippen molar-refractivity contribution in [2.45, 2.75) is 46.2 Å². The summed E-state index contributed by atoms with van der Waals surface area (Å²) in [6.07, 6.45) is 1.12. The summed E-state index contributed by atoms with van der Waals surface area (Å²) in [4.78, 5) is 11.5. The monoisotopic (exact) mass is 263 g/mol. The number of nitrogens with one attached hydrogen (secondary N) is 3. The molecule has 0 saturated carbocycles. The number of amides is 2. The van der Waals surface area contributed by atoms with Gasteiger partial charge in [-0.2, -0.15) is 0 Å². The Labute approximate surface area is 116 Å². The Morgan fingerprint density at radius 2 is 1.79 bits per heavy atom. The van der Waals surface area contributed by atoms with Crippen molar-refractivity contribution in [2.24, 2.45) is 0 Å². The molecule has 1 atom stereocenters. The van der Waals surface area contributed by atoms with Gasteiger partial charge in [-0.3, -0.25) is 0 Å². The molecular weight excluding hydrogens is 238 g/mol. The molecule has 3 N–H and O–H groups in total. The molecule has 1 unspecified atom stereocenters. The zero-order valence-corrected chi connectivity index (χ0v) is 12.3. The summed E-state index contributed by atoms with van der Waals surface area (Å²) in [5.74, 6) is 0. The molecule has 0 aliphatic carbocycles.